The van der Waals surface area contributed by atoms with E-state index in [1.807, 2.05) is 10.8 Å². The van der Waals surface area contributed by atoms with Crippen molar-refractivity contribution in [3.8, 4) is 0 Å². The van der Waals surface area contributed by atoms with Crippen LogP contribution in [0.15, 0.2) is 47.9 Å². The van der Waals surface area contributed by atoms with E-state index < -0.39 is 10.0 Å². The van der Waals surface area contributed by atoms with Gasteiger partial charge in [0.05, 0.1) is 11.2 Å². The van der Waals surface area contributed by atoms with E-state index in [0.717, 1.165) is 0 Å². The van der Waals surface area contributed by atoms with Crippen molar-refractivity contribution in [1.82, 2.24) is 19.6 Å². The lowest BCUT2D eigenvalue weighted by atomic mass is 10.2. The quantitative estimate of drug-likeness (QED) is 0.731. The Labute approximate surface area is 129 Å². The van der Waals surface area contributed by atoms with E-state index in [0.29, 0.717) is 25.1 Å². The topological polar surface area (TPSA) is 93.1 Å². The maximum Gasteiger partial charge on any atom is 0.251 e. The van der Waals surface area contributed by atoms with Crippen LogP contribution in [0.1, 0.15) is 16.8 Å². The number of nitrogens with zero attached hydrogens (tertiary/aromatic N) is 2. The smallest absolute Gasteiger partial charge is 0.251 e. The van der Waals surface area contributed by atoms with E-state index in [2.05, 4.69) is 15.0 Å². The predicted octanol–water partition coefficient (Wildman–Crippen LogP) is 0.611. The zero-order valence-electron chi connectivity index (χ0n) is 12.2. The molecule has 1 amide bonds. The summed E-state index contributed by atoms with van der Waals surface area (Å²) in [6, 6.07) is 5.81. The van der Waals surface area contributed by atoms with Gasteiger partial charge in [-0.15, -0.1) is 0 Å². The van der Waals surface area contributed by atoms with Crippen LogP contribution >= 0.6 is 0 Å². The van der Waals surface area contributed by atoms with E-state index in [9.17, 15) is 13.2 Å². The summed E-state index contributed by atoms with van der Waals surface area (Å²) < 4.78 is 28.6. The first-order valence-corrected chi connectivity index (χ1v) is 8.29. The van der Waals surface area contributed by atoms with Gasteiger partial charge in [0.2, 0.25) is 10.0 Å². The van der Waals surface area contributed by atoms with Gasteiger partial charge in [-0.1, -0.05) is 0 Å². The van der Waals surface area contributed by atoms with Crippen molar-refractivity contribution in [2.45, 2.75) is 17.9 Å². The normalized spacial score (nSPS) is 11.3. The highest BCUT2D eigenvalue weighted by atomic mass is 32.2. The van der Waals surface area contributed by atoms with Gasteiger partial charge in [-0.2, -0.15) is 0 Å². The molecule has 0 aliphatic rings. The van der Waals surface area contributed by atoms with Gasteiger partial charge in [-0.25, -0.2) is 18.1 Å². The van der Waals surface area contributed by atoms with Crippen LogP contribution in [0.4, 0.5) is 0 Å². The number of hydrogen-bond donors (Lipinski definition) is 2. The fourth-order valence-electron chi connectivity index (χ4n) is 1.90. The standard InChI is InChI=1S/C14H18N4O3S/c1-15-14(19)12-3-5-13(6-4-12)22(20,21)17-7-2-9-18-10-8-16-11-18/h3-6,8,10-11,17H,2,7,9H2,1H3,(H,15,19). The van der Waals surface area contributed by atoms with Gasteiger partial charge < -0.3 is 9.88 Å². The Bertz CT molecular complexity index is 709. The Hall–Kier alpha value is -2.19. The van der Waals surface area contributed by atoms with Crippen LogP contribution in [-0.4, -0.2) is 37.5 Å². The number of benzene rings is 1. The molecule has 118 valence electrons. The lowest BCUT2D eigenvalue weighted by Crippen LogP contribution is -2.25. The minimum absolute atomic E-state index is 0.141. The summed E-state index contributed by atoms with van der Waals surface area (Å²) in [5, 5.41) is 2.48. The van der Waals surface area contributed by atoms with Crippen molar-refractivity contribution in [3.63, 3.8) is 0 Å². The third kappa shape index (κ3) is 4.15. The molecule has 0 radical (unpaired) electrons. The molecule has 0 saturated carbocycles. The van der Waals surface area contributed by atoms with Gasteiger partial charge in [0.25, 0.3) is 5.91 Å². The second kappa shape index (κ2) is 7.19. The average molecular weight is 322 g/mol. The number of aryl methyl sites for hydroxylation is 1. The zero-order chi connectivity index (χ0) is 16.0. The van der Waals surface area contributed by atoms with Crippen molar-refractivity contribution >= 4 is 15.9 Å². The summed E-state index contributed by atoms with van der Waals surface area (Å²) >= 11 is 0. The molecular formula is C14H18N4O3S. The molecule has 2 rings (SSSR count). The summed E-state index contributed by atoms with van der Waals surface area (Å²) in [5.74, 6) is -0.253. The van der Waals surface area contributed by atoms with Gasteiger partial charge >= 0.3 is 0 Å². The first kappa shape index (κ1) is 16.2. The van der Waals surface area contributed by atoms with Gasteiger partial charge in [0.1, 0.15) is 0 Å². The second-order valence-corrected chi connectivity index (χ2v) is 6.42. The molecule has 0 bridgehead atoms. The fourth-order valence-corrected chi connectivity index (χ4v) is 2.97. The molecule has 0 atom stereocenters. The lowest BCUT2D eigenvalue weighted by molar-refractivity contribution is 0.0963. The van der Waals surface area contributed by atoms with Crippen molar-refractivity contribution in [2.75, 3.05) is 13.6 Å². The summed E-state index contributed by atoms with van der Waals surface area (Å²) in [7, 11) is -2.03. The Morgan fingerprint density at radius 3 is 2.59 bits per heavy atom. The fraction of sp³-hybridized carbons (Fsp3) is 0.286. The van der Waals surface area contributed by atoms with Crippen molar-refractivity contribution in [1.29, 1.82) is 0 Å². The third-order valence-corrected chi connectivity index (χ3v) is 4.58. The number of rotatable bonds is 7. The summed E-state index contributed by atoms with van der Waals surface area (Å²) in [5.41, 5.74) is 0.418. The number of nitrogens with one attached hydrogen (secondary N) is 2. The maximum absolute atomic E-state index is 12.1. The first-order chi connectivity index (χ1) is 10.5. The highest BCUT2D eigenvalue weighted by molar-refractivity contribution is 7.89. The molecule has 0 aliphatic carbocycles. The van der Waals surface area contributed by atoms with Crippen molar-refractivity contribution < 1.29 is 13.2 Å². The summed E-state index contributed by atoms with van der Waals surface area (Å²) in [4.78, 5) is 15.5. The zero-order valence-corrected chi connectivity index (χ0v) is 13.0. The number of hydrogen-bond acceptors (Lipinski definition) is 4. The molecule has 8 heteroatoms. The van der Waals surface area contributed by atoms with Gasteiger partial charge in [-0.05, 0) is 30.7 Å². The number of sulfonamides is 1. The molecule has 0 aliphatic heterocycles. The molecule has 7 nitrogen and oxygen atoms in total. The minimum atomic E-state index is -3.56. The van der Waals surface area contributed by atoms with Gasteiger partial charge in [-0.3, -0.25) is 4.79 Å². The summed E-state index contributed by atoms with van der Waals surface area (Å²) in [6.07, 6.45) is 5.85. The monoisotopic (exact) mass is 322 g/mol. The molecule has 0 fully saturated rings. The van der Waals surface area contributed by atoms with Gasteiger partial charge in [0, 0.05) is 38.1 Å². The number of carbonyl (C=O) groups excluding carboxylic acids is 1. The Balaban J connectivity index is 1.90. The van der Waals surface area contributed by atoms with Gasteiger partial charge in [0.15, 0.2) is 0 Å². The molecule has 1 heterocycles. The van der Waals surface area contributed by atoms with Crippen LogP contribution in [0, 0.1) is 0 Å². The van der Waals surface area contributed by atoms with E-state index in [4.69, 9.17) is 0 Å². The second-order valence-electron chi connectivity index (χ2n) is 4.66. The molecule has 1 aromatic heterocycles. The lowest BCUT2D eigenvalue weighted by Gasteiger charge is -2.08. The molecule has 22 heavy (non-hydrogen) atoms. The van der Waals surface area contributed by atoms with Crippen LogP contribution in [0.2, 0.25) is 0 Å². The average Bonchev–Trinajstić information content (AvgIpc) is 3.04. The van der Waals surface area contributed by atoms with Crippen molar-refractivity contribution in [2.24, 2.45) is 0 Å². The number of imidazole rings is 1. The number of aromatic nitrogens is 2. The Morgan fingerprint density at radius 2 is 2.00 bits per heavy atom. The van der Waals surface area contributed by atoms with E-state index in [1.54, 1.807) is 12.5 Å². The molecule has 0 unspecified atom stereocenters. The third-order valence-electron chi connectivity index (χ3n) is 3.10. The van der Waals surface area contributed by atoms with Crippen LogP contribution in [-0.2, 0) is 16.6 Å². The highest BCUT2D eigenvalue weighted by Crippen LogP contribution is 2.10. The molecule has 0 saturated heterocycles. The van der Waals surface area contributed by atoms with E-state index in [-0.39, 0.29) is 10.8 Å². The SMILES string of the molecule is CNC(=O)c1ccc(S(=O)(=O)NCCCn2ccnc2)cc1. The predicted molar refractivity (Wildman–Crippen MR) is 81.9 cm³/mol. The minimum Gasteiger partial charge on any atom is -0.355 e. The Kier molecular flexibility index (Phi) is 5.29. The molecular weight excluding hydrogens is 304 g/mol. The van der Waals surface area contributed by atoms with Crippen LogP contribution in [0.25, 0.3) is 0 Å². The number of amides is 1. The van der Waals surface area contributed by atoms with Crippen LogP contribution in [0.3, 0.4) is 0 Å². The molecule has 2 aromatic rings. The van der Waals surface area contributed by atoms with Crippen LogP contribution < -0.4 is 10.0 Å². The Morgan fingerprint density at radius 1 is 1.27 bits per heavy atom. The van der Waals surface area contributed by atoms with E-state index >= 15 is 0 Å². The molecule has 2 N–H and O–H groups in total. The molecule has 0 spiro atoms. The number of carbonyl (C=O) groups is 1. The maximum atomic E-state index is 12.1. The first-order valence-electron chi connectivity index (χ1n) is 6.80. The molecule has 1 aromatic carbocycles. The summed E-state index contributed by atoms with van der Waals surface area (Å²) in [6.45, 7) is 1.02. The largest absolute Gasteiger partial charge is 0.355 e. The van der Waals surface area contributed by atoms with E-state index in [1.165, 1.54) is 31.3 Å². The van der Waals surface area contributed by atoms with Crippen molar-refractivity contribution in [3.05, 3.63) is 48.5 Å². The van der Waals surface area contributed by atoms with Crippen LogP contribution in [0.5, 0.6) is 0 Å². The highest BCUT2D eigenvalue weighted by Gasteiger charge is 2.14.